The van der Waals surface area contributed by atoms with Gasteiger partial charge in [0.05, 0.1) is 0 Å². The lowest BCUT2D eigenvalue weighted by Crippen LogP contribution is -2.56. The zero-order valence-corrected chi connectivity index (χ0v) is 15.1. The average molecular weight is 394 g/mol. The molecule has 1 aromatic carbocycles. The van der Waals surface area contributed by atoms with Crippen molar-refractivity contribution < 1.29 is 26.7 Å². The Morgan fingerprint density at radius 1 is 1.22 bits per heavy atom. The summed E-state index contributed by atoms with van der Waals surface area (Å²) in [6.45, 7) is -0.0263. The lowest BCUT2D eigenvalue weighted by atomic mass is 10.2. The van der Waals surface area contributed by atoms with Gasteiger partial charge in [0, 0.05) is 39.8 Å². The van der Waals surface area contributed by atoms with Crippen molar-refractivity contribution in [2.75, 3.05) is 33.2 Å². The summed E-state index contributed by atoms with van der Waals surface area (Å²) in [5, 5.41) is 3.10. The summed E-state index contributed by atoms with van der Waals surface area (Å²) in [5.74, 6) is 0.614. The number of rotatable bonds is 5. The molecule has 1 saturated heterocycles. The topological polar surface area (TPSA) is 40.1 Å². The summed E-state index contributed by atoms with van der Waals surface area (Å²) < 4.78 is 67.4. The Kier molecular flexibility index (Phi) is 7.23. The van der Waals surface area contributed by atoms with Crippen LogP contribution in [0.5, 0.6) is 5.75 Å². The van der Waals surface area contributed by atoms with Crippen LogP contribution in [0.4, 0.5) is 22.0 Å². The maximum atomic E-state index is 12.8. The summed E-state index contributed by atoms with van der Waals surface area (Å²) >= 11 is 0. The van der Waals surface area contributed by atoms with E-state index in [0.717, 1.165) is 12.5 Å². The number of hydrogen-bond donors (Lipinski definition) is 1. The first-order valence-corrected chi connectivity index (χ1v) is 8.51. The molecule has 0 radical (unpaired) electrons. The molecule has 1 fully saturated rings. The third-order valence-electron chi connectivity index (χ3n) is 4.42. The van der Waals surface area contributed by atoms with Crippen molar-refractivity contribution in [3.8, 4) is 5.75 Å². The van der Waals surface area contributed by atoms with Gasteiger partial charge < -0.3 is 15.0 Å². The van der Waals surface area contributed by atoms with Crippen LogP contribution < -0.4 is 10.1 Å². The Bertz CT molecular complexity index is 630. The standard InChI is InChI=1S/C17H23F5N4O/c1-12(17(20,21)22)25-6-8-26(9-7-25)16(23-2)24-11-13-4-3-5-14(10-13)27-15(18)19/h3-5,10,12,15H,6-9,11H2,1-2H3,(H,23,24). The van der Waals surface area contributed by atoms with E-state index in [2.05, 4.69) is 15.0 Å². The minimum absolute atomic E-state index is 0.0639. The first kappa shape index (κ1) is 21.2. The van der Waals surface area contributed by atoms with Crippen LogP contribution in [0.15, 0.2) is 29.3 Å². The molecule has 1 aliphatic rings. The summed E-state index contributed by atoms with van der Waals surface area (Å²) in [5.41, 5.74) is 0.721. The molecule has 1 aliphatic heterocycles. The van der Waals surface area contributed by atoms with Crippen molar-refractivity contribution in [2.24, 2.45) is 4.99 Å². The molecular weight excluding hydrogens is 371 g/mol. The van der Waals surface area contributed by atoms with Crippen molar-refractivity contribution in [1.29, 1.82) is 0 Å². The van der Waals surface area contributed by atoms with E-state index in [1.807, 2.05) is 4.90 Å². The van der Waals surface area contributed by atoms with Crippen molar-refractivity contribution in [3.05, 3.63) is 29.8 Å². The van der Waals surface area contributed by atoms with E-state index in [1.165, 1.54) is 17.0 Å². The zero-order chi connectivity index (χ0) is 20.0. The number of alkyl halides is 5. The molecule has 0 aliphatic carbocycles. The Morgan fingerprint density at radius 3 is 2.44 bits per heavy atom. The van der Waals surface area contributed by atoms with Gasteiger partial charge in [0.25, 0.3) is 0 Å². The predicted octanol–water partition coefficient (Wildman–Crippen LogP) is 2.93. The van der Waals surface area contributed by atoms with Crippen LogP contribution in [0, 0.1) is 0 Å². The van der Waals surface area contributed by atoms with Gasteiger partial charge in [-0.15, -0.1) is 0 Å². The molecule has 0 saturated carbocycles. The van der Waals surface area contributed by atoms with Gasteiger partial charge in [0.15, 0.2) is 5.96 Å². The first-order chi connectivity index (χ1) is 12.7. The van der Waals surface area contributed by atoms with E-state index >= 15 is 0 Å². The Morgan fingerprint density at radius 2 is 1.89 bits per heavy atom. The highest BCUT2D eigenvalue weighted by Crippen LogP contribution is 2.25. The minimum Gasteiger partial charge on any atom is -0.435 e. The largest absolute Gasteiger partial charge is 0.435 e. The maximum absolute atomic E-state index is 12.8. The van der Waals surface area contributed by atoms with Crippen molar-refractivity contribution >= 4 is 5.96 Å². The number of benzene rings is 1. The van der Waals surface area contributed by atoms with E-state index in [0.29, 0.717) is 25.6 Å². The number of nitrogens with one attached hydrogen (secondary N) is 1. The first-order valence-electron chi connectivity index (χ1n) is 8.51. The van der Waals surface area contributed by atoms with Crippen molar-refractivity contribution in [3.63, 3.8) is 0 Å². The monoisotopic (exact) mass is 394 g/mol. The quantitative estimate of drug-likeness (QED) is 0.474. The fourth-order valence-corrected chi connectivity index (χ4v) is 2.87. The highest BCUT2D eigenvalue weighted by Gasteiger charge is 2.41. The Balaban J connectivity index is 1.88. The second-order valence-electron chi connectivity index (χ2n) is 6.17. The highest BCUT2D eigenvalue weighted by molar-refractivity contribution is 5.80. The minimum atomic E-state index is -4.24. The molecule has 0 spiro atoms. The van der Waals surface area contributed by atoms with E-state index in [1.54, 1.807) is 19.2 Å². The maximum Gasteiger partial charge on any atom is 0.403 e. The molecule has 0 bridgehead atoms. The second kappa shape index (κ2) is 9.20. The fraction of sp³-hybridized carbons (Fsp3) is 0.588. The lowest BCUT2D eigenvalue weighted by Gasteiger charge is -2.39. The average Bonchev–Trinajstić information content (AvgIpc) is 2.61. The molecule has 27 heavy (non-hydrogen) atoms. The van der Waals surface area contributed by atoms with Gasteiger partial charge >= 0.3 is 12.8 Å². The second-order valence-corrected chi connectivity index (χ2v) is 6.17. The molecule has 2 rings (SSSR count). The normalized spacial score (nSPS) is 17.9. The van der Waals surface area contributed by atoms with Crippen LogP contribution in [-0.2, 0) is 6.54 Å². The van der Waals surface area contributed by atoms with Gasteiger partial charge in [-0.05, 0) is 24.6 Å². The van der Waals surface area contributed by atoms with Gasteiger partial charge in [0.2, 0.25) is 0 Å². The number of piperazine rings is 1. The molecule has 1 unspecified atom stereocenters. The molecule has 10 heteroatoms. The SMILES string of the molecule is CN=C(NCc1cccc(OC(F)F)c1)N1CCN(C(C)C(F)(F)F)CC1. The number of halogens is 5. The molecule has 0 aromatic heterocycles. The molecule has 1 N–H and O–H groups in total. The molecular formula is C17H23F5N4O. The summed E-state index contributed by atoms with van der Waals surface area (Å²) in [6.07, 6.45) is -4.24. The molecule has 5 nitrogen and oxygen atoms in total. The third kappa shape index (κ3) is 6.23. The van der Waals surface area contributed by atoms with Gasteiger partial charge in [-0.1, -0.05) is 12.1 Å². The van der Waals surface area contributed by atoms with Crippen molar-refractivity contribution in [2.45, 2.75) is 32.3 Å². The third-order valence-corrected chi connectivity index (χ3v) is 4.42. The van der Waals surface area contributed by atoms with Crippen LogP contribution in [0.2, 0.25) is 0 Å². The van der Waals surface area contributed by atoms with Crippen LogP contribution in [0.3, 0.4) is 0 Å². The molecule has 0 amide bonds. The van der Waals surface area contributed by atoms with Crippen LogP contribution in [0.1, 0.15) is 12.5 Å². The van der Waals surface area contributed by atoms with Crippen LogP contribution >= 0.6 is 0 Å². The van der Waals surface area contributed by atoms with Crippen molar-refractivity contribution in [1.82, 2.24) is 15.1 Å². The van der Waals surface area contributed by atoms with E-state index in [4.69, 9.17) is 0 Å². The van der Waals surface area contributed by atoms with Crippen LogP contribution in [0.25, 0.3) is 0 Å². The lowest BCUT2D eigenvalue weighted by molar-refractivity contribution is -0.181. The van der Waals surface area contributed by atoms with E-state index in [9.17, 15) is 22.0 Å². The van der Waals surface area contributed by atoms with Crippen LogP contribution in [-0.4, -0.2) is 67.8 Å². The highest BCUT2D eigenvalue weighted by atomic mass is 19.4. The molecule has 1 heterocycles. The van der Waals surface area contributed by atoms with Gasteiger partial charge in [-0.25, -0.2) is 0 Å². The number of ether oxygens (including phenoxy) is 1. The fourth-order valence-electron chi connectivity index (χ4n) is 2.87. The number of guanidine groups is 1. The Labute approximate surface area is 154 Å². The molecule has 1 atom stereocenters. The number of hydrogen-bond acceptors (Lipinski definition) is 3. The molecule has 1 aromatic rings. The number of aliphatic imine (C=N–C) groups is 1. The van der Waals surface area contributed by atoms with Gasteiger partial charge in [-0.2, -0.15) is 22.0 Å². The summed E-state index contributed by atoms with van der Waals surface area (Å²) in [6, 6.07) is 4.81. The van der Waals surface area contributed by atoms with Gasteiger partial charge in [-0.3, -0.25) is 9.89 Å². The van der Waals surface area contributed by atoms with Gasteiger partial charge in [0.1, 0.15) is 11.8 Å². The molecule has 152 valence electrons. The Hall–Kier alpha value is -2.10. The van der Waals surface area contributed by atoms with E-state index < -0.39 is 18.8 Å². The summed E-state index contributed by atoms with van der Waals surface area (Å²) in [4.78, 5) is 7.43. The zero-order valence-electron chi connectivity index (χ0n) is 15.1. The van der Waals surface area contributed by atoms with E-state index in [-0.39, 0.29) is 18.8 Å². The number of nitrogens with zero attached hydrogens (tertiary/aromatic N) is 3. The smallest absolute Gasteiger partial charge is 0.403 e. The predicted molar refractivity (Wildman–Crippen MR) is 91.9 cm³/mol. The summed E-state index contributed by atoms with van der Waals surface area (Å²) in [7, 11) is 1.59.